The van der Waals surface area contributed by atoms with Gasteiger partial charge in [-0.05, 0) is 42.8 Å². The number of hydrogen-bond acceptors (Lipinski definition) is 6. The maximum Gasteiger partial charge on any atom is 0.416 e. The predicted molar refractivity (Wildman–Crippen MR) is 115 cm³/mol. The van der Waals surface area contributed by atoms with Crippen molar-refractivity contribution < 1.29 is 36.3 Å². The topological polar surface area (TPSA) is 143 Å². The SMILES string of the molecule is CC1=C(C#N)[C@@H](c2ccc(C#N)cc2S(C)(=O)=O)N(C(=O)O)C(=O)N1c1cccc(C(F)(F)F)c1. The fourth-order valence-corrected chi connectivity index (χ4v) is 4.66. The van der Waals surface area contributed by atoms with Crippen LogP contribution >= 0.6 is 0 Å². The van der Waals surface area contributed by atoms with Crippen LogP contribution in [0.1, 0.15) is 29.7 Å². The van der Waals surface area contributed by atoms with Gasteiger partial charge in [0.25, 0.3) is 0 Å². The molecule has 2 aromatic rings. The summed E-state index contributed by atoms with van der Waals surface area (Å²) >= 11 is 0. The first-order valence-corrected chi connectivity index (χ1v) is 11.5. The lowest BCUT2D eigenvalue weighted by Gasteiger charge is -2.39. The van der Waals surface area contributed by atoms with E-state index in [9.17, 15) is 41.5 Å². The quantitative estimate of drug-likeness (QED) is 0.651. The van der Waals surface area contributed by atoms with E-state index in [1.165, 1.54) is 13.0 Å². The molecule has 3 amide bonds. The van der Waals surface area contributed by atoms with Crippen molar-refractivity contribution in [3.05, 3.63) is 70.4 Å². The summed E-state index contributed by atoms with van der Waals surface area (Å²) in [5.41, 5.74) is -2.36. The van der Waals surface area contributed by atoms with Crippen molar-refractivity contribution in [2.45, 2.75) is 24.0 Å². The minimum Gasteiger partial charge on any atom is -0.465 e. The van der Waals surface area contributed by atoms with E-state index in [0.717, 1.165) is 36.6 Å². The molecule has 0 saturated heterocycles. The Morgan fingerprint density at radius 1 is 1.11 bits per heavy atom. The summed E-state index contributed by atoms with van der Waals surface area (Å²) in [4.78, 5) is 25.8. The Kier molecular flexibility index (Phi) is 6.33. The standard InChI is InChI=1S/C22H15F3N4O5S/c1-12-17(11-27)19(16-7-6-13(10-26)8-18(16)35(2,33)34)29(21(31)32)20(30)28(12)15-5-3-4-14(9-15)22(23,24)25/h3-9,19H,1-2H3,(H,31,32)/t19-/m1/s1. The van der Waals surface area contributed by atoms with E-state index in [0.29, 0.717) is 11.0 Å². The first kappa shape index (κ1) is 25.3. The molecule has 0 radical (unpaired) electrons. The molecule has 180 valence electrons. The lowest BCUT2D eigenvalue weighted by Crippen LogP contribution is -2.52. The van der Waals surface area contributed by atoms with Crippen LogP contribution in [0, 0.1) is 22.7 Å². The van der Waals surface area contributed by atoms with Crippen LogP contribution in [0.2, 0.25) is 0 Å². The zero-order valence-corrected chi connectivity index (χ0v) is 18.8. The Bertz CT molecular complexity index is 1470. The fourth-order valence-electron chi connectivity index (χ4n) is 3.71. The van der Waals surface area contributed by atoms with E-state index in [1.807, 2.05) is 0 Å². The van der Waals surface area contributed by atoms with E-state index in [-0.39, 0.29) is 33.0 Å². The molecule has 0 spiro atoms. The molecule has 0 fully saturated rings. The van der Waals surface area contributed by atoms with Crippen LogP contribution in [0.15, 0.2) is 58.6 Å². The molecular formula is C22H15F3N4O5S. The van der Waals surface area contributed by atoms with Crippen molar-refractivity contribution in [3.8, 4) is 12.1 Å². The summed E-state index contributed by atoms with van der Waals surface area (Å²) in [7, 11) is -4.07. The minimum atomic E-state index is -4.76. The van der Waals surface area contributed by atoms with Crippen LogP contribution in [0.25, 0.3) is 0 Å². The summed E-state index contributed by atoms with van der Waals surface area (Å²) in [6.45, 7) is 1.23. The third-order valence-electron chi connectivity index (χ3n) is 5.25. The Balaban J connectivity index is 2.35. The number of nitriles is 2. The molecular weight excluding hydrogens is 489 g/mol. The molecule has 13 heteroatoms. The van der Waals surface area contributed by atoms with Crippen LogP contribution in [0.5, 0.6) is 0 Å². The predicted octanol–water partition coefficient (Wildman–Crippen LogP) is 4.44. The molecule has 1 heterocycles. The molecule has 35 heavy (non-hydrogen) atoms. The molecule has 0 bridgehead atoms. The van der Waals surface area contributed by atoms with E-state index >= 15 is 0 Å². The summed E-state index contributed by atoms with van der Waals surface area (Å²) in [5.74, 6) is 0. The van der Waals surface area contributed by atoms with Crippen molar-refractivity contribution in [2.24, 2.45) is 0 Å². The number of rotatable bonds is 3. The minimum absolute atomic E-state index is 0.0667. The zero-order valence-electron chi connectivity index (χ0n) is 18.0. The second-order valence-electron chi connectivity index (χ2n) is 7.47. The number of carbonyl (C=O) groups excluding carboxylic acids is 1. The number of carboxylic acid groups (broad SMARTS) is 1. The van der Waals surface area contributed by atoms with Crippen LogP contribution in [0.3, 0.4) is 0 Å². The lowest BCUT2D eigenvalue weighted by atomic mass is 9.93. The molecule has 3 rings (SSSR count). The van der Waals surface area contributed by atoms with E-state index in [1.54, 1.807) is 12.1 Å². The van der Waals surface area contributed by atoms with Gasteiger partial charge < -0.3 is 5.11 Å². The average molecular weight is 504 g/mol. The number of imide groups is 1. The van der Waals surface area contributed by atoms with Crippen LogP contribution in [-0.4, -0.2) is 36.8 Å². The highest BCUT2D eigenvalue weighted by Gasteiger charge is 2.45. The average Bonchev–Trinajstić information content (AvgIpc) is 2.77. The van der Waals surface area contributed by atoms with Crippen molar-refractivity contribution in [1.82, 2.24) is 4.90 Å². The first-order valence-electron chi connectivity index (χ1n) is 9.60. The number of benzene rings is 2. The van der Waals surface area contributed by atoms with Gasteiger partial charge in [0.05, 0.1) is 39.4 Å². The van der Waals surface area contributed by atoms with Crippen LogP contribution < -0.4 is 4.90 Å². The van der Waals surface area contributed by atoms with Crippen molar-refractivity contribution >= 4 is 27.6 Å². The molecule has 0 aliphatic carbocycles. The van der Waals surface area contributed by atoms with Crippen LogP contribution in [0.4, 0.5) is 28.4 Å². The van der Waals surface area contributed by atoms with Gasteiger partial charge in [-0.2, -0.15) is 23.7 Å². The smallest absolute Gasteiger partial charge is 0.416 e. The number of sulfone groups is 1. The molecule has 2 aromatic carbocycles. The molecule has 1 aliphatic heterocycles. The second kappa shape index (κ2) is 8.77. The molecule has 1 N–H and O–H groups in total. The molecule has 9 nitrogen and oxygen atoms in total. The fraction of sp³-hybridized carbons (Fsp3) is 0.182. The van der Waals surface area contributed by atoms with Gasteiger partial charge in [-0.3, -0.25) is 4.90 Å². The maximum absolute atomic E-state index is 13.3. The number of carbonyl (C=O) groups is 2. The summed E-state index contributed by atoms with van der Waals surface area (Å²) in [6.07, 6.45) is -5.83. The van der Waals surface area contributed by atoms with Gasteiger partial charge in [-0.15, -0.1) is 0 Å². The lowest BCUT2D eigenvalue weighted by molar-refractivity contribution is -0.137. The Morgan fingerprint density at radius 3 is 2.29 bits per heavy atom. The summed E-state index contributed by atoms with van der Waals surface area (Å²) in [6, 6.07) is 7.30. The molecule has 0 aromatic heterocycles. The number of alkyl halides is 3. The first-order chi connectivity index (χ1) is 16.2. The van der Waals surface area contributed by atoms with Gasteiger partial charge in [0.1, 0.15) is 6.04 Å². The Hall–Kier alpha value is -4.36. The largest absolute Gasteiger partial charge is 0.465 e. The maximum atomic E-state index is 13.3. The second-order valence-corrected chi connectivity index (χ2v) is 9.45. The van der Waals surface area contributed by atoms with E-state index < -0.39 is 44.6 Å². The number of nitrogens with zero attached hydrogens (tertiary/aromatic N) is 4. The Morgan fingerprint density at radius 2 is 1.77 bits per heavy atom. The highest BCUT2D eigenvalue weighted by atomic mass is 32.2. The van der Waals surface area contributed by atoms with E-state index in [2.05, 4.69) is 0 Å². The number of allylic oxidation sites excluding steroid dienone is 1. The number of halogens is 3. The van der Waals surface area contributed by atoms with Crippen LogP contribution in [-0.2, 0) is 16.0 Å². The normalized spacial score (nSPS) is 16.7. The van der Waals surface area contributed by atoms with Gasteiger partial charge in [0, 0.05) is 12.0 Å². The third-order valence-corrected chi connectivity index (χ3v) is 6.40. The van der Waals surface area contributed by atoms with Gasteiger partial charge in [-0.1, -0.05) is 12.1 Å². The van der Waals surface area contributed by atoms with Gasteiger partial charge in [0.2, 0.25) is 0 Å². The van der Waals surface area contributed by atoms with E-state index in [4.69, 9.17) is 5.26 Å². The Labute approximate surface area is 197 Å². The van der Waals surface area contributed by atoms with Gasteiger partial charge >= 0.3 is 18.3 Å². The highest BCUT2D eigenvalue weighted by molar-refractivity contribution is 7.90. The highest BCUT2D eigenvalue weighted by Crippen LogP contribution is 2.42. The number of anilines is 1. The number of hydrogen-bond donors (Lipinski definition) is 1. The monoisotopic (exact) mass is 504 g/mol. The summed E-state index contributed by atoms with van der Waals surface area (Å²) in [5, 5.41) is 28.9. The number of urea groups is 1. The third kappa shape index (κ3) is 4.54. The van der Waals surface area contributed by atoms with Crippen molar-refractivity contribution in [1.29, 1.82) is 10.5 Å². The molecule has 0 saturated carbocycles. The molecule has 1 aliphatic rings. The zero-order chi connectivity index (χ0) is 26.3. The molecule has 0 unspecified atom stereocenters. The molecule has 1 atom stereocenters. The van der Waals surface area contributed by atoms with Gasteiger partial charge in [-0.25, -0.2) is 22.9 Å². The van der Waals surface area contributed by atoms with Gasteiger partial charge in [0.15, 0.2) is 9.84 Å². The summed E-state index contributed by atoms with van der Waals surface area (Å²) < 4.78 is 64.6. The number of amides is 3. The van der Waals surface area contributed by atoms with Crippen molar-refractivity contribution in [2.75, 3.05) is 11.2 Å². The van der Waals surface area contributed by atoms with Crippen molar-refractivity contribution in [3.63, 3.8) is 0 Å².